The number of halogens is 1. The van der Waals surface area contributed by atoms with Crippen LogP contribution in [0.4, 0.5) is 11.4 Å². The molecule has 0 aliphatic carbocycles. The van der Waals surface area contributed by atoms with Crippen molar-refractivity contribution in [3.63, 3.8) is 0 Å². The molecule has 27 heavy (non-hydrogen) atoms. The smallest absolute Gasteiger partial charge is 0.200 e. The van der Waals surface area contributed by atoms with E-state index in [0.717, 1.165) is 27.7 Å². The molecule has 0 radical (unpaired) electrons. The van der Waals surface area contributed by atoms with Gasteiger partial charge in [0.05, 0.1) is 18.2 Å². The molecule has 1 fully saturated rings. The lowest BCUT2D eigenvalue weighted by Crippen LogP contribution is -2.57. The van der Waals surface area contributed by atoms with E-state index in [4.69, 9.17) is 5.73 Å². The number of piperidine rings is 1. The molecule has 2 aromatic carbocycles. The van der Waals surface area contributed by atoms with Crippen molar-refractivity contribution in [2.45, 2.75) is 25.4 Å². The highest BCUT2D eigenvalue weighted by atomic mass is 127. The average molecular weight is 474 g/mol. The van der Waals surface area contributed by atoms with Gasteiger partial charge in [-0.2, -0.15) is 0 Å². The average Bonchev–Trinajstić information content (AvgIpc) is 2.98. The van der Waals surface area contributed by atoms with Gasteiger partial charge in [-0.05, 0) is 66.7 Å². The third-order valence-electron chi connectivity index (χ3n) is 5.94. The fourth-order valence-electron chi connectivity index (χ4n) is 4.55. The molecular formula is C22H25IN3O+. The number of quaternary nitrogens is 1. The minimum absolute atomic E-state index is 0.0551. The van der Waals surface area contributed by atoms with Crippen LogP contribution in [0.15, 0.2) is 48.7 Å². The fourth-order valence-corrected chi connectivity index (χ4v) is 5.13. The summed E-state index contributed by atoms with van der Waals surface area (Å²) < 4.78 is 1.59. The zero-order valence-corrected chi connectivity index (χ0v) is 17.9. The Morgan fingerprint density at radius 2 is 2.00 bits per heavy atom. The number of nitrogens with two attached hydrogens (primary N) is 1. The molecular weight excluding hydrogens is 449 g/mol. The van der Waals surface area contributed by atoms with Gasteiger partial charge in [0, 0.05) is 33.9 Å². The Labute approximate surface area is 174 Å². The number of carbonyl (C=O) groups is 1. The summed E-state index contributed by atoms with van der Waals surface area (Å²) in [6.45, 7) is 1.10. The number of benzene rings is 2. The lowest BCUT2D eigenvalue weighted by Gasteiger charge is -2.43. The van der Waals surface area contributed by atoms with Crippen molar-refractivity contribution < 1.29 is 4.79 Å². The van der Waals surface area contributed by atoms with Crippen LogP contribution in [0.1, 0.15) is 35.2 Å². The first-order valence-electron chi connectivity index (χ1n) is 9.40. The molecule has 0 saturated carbocycles. The maximum Gasteiger partial charge on any atom is 0.200 e. The first-order chi connectivity index (χ1) is 12.9. The molecule has 2 atom stereocenters. The molecule has 4 nitrogen and oxygen atoms in total. The summed E-state index contributed by atoms with van der Waals surface area (Å²) >= 11 is 2.22. The number of carbonyl (C=O) groups excluding carboxylic acids is 1. The van der Waals surface area contributed by atoms with Gasteiger partial charge in [0.25, 0.3) is 0 Å². The van der Waals surface area contributed by atoms with Crippen molar-refractivity contribution in [1.82, 2.24) is 9.38 Å². The van der Waals surface area contributed by atoms with Gasteiger partial charge in [-0.15, -0.1) is 0 Å². The van der Waals surface area contributed by atoms with Crippen LogP contribution in [0, 0.1) is 3.57 Å². The first kappa shape index (κ1) is 18.7. The number of hydrogen-bond donors (Lipinski definition) is 1. The van der Waals surface area contributed by atoms with E-state index >= 15 is 0 Å². The normalized spacial score (nSPS) is 25.1. The van der Waals surface area contributed by atoms with Gasteiger partial charge in [0.2, 0.25) is 0 Å². The maximum absolute atomic E-state index is 13.5. The minimum atomic E-state index is 0.0551. The van der Waals surface area contributed by atoms with E-state index in [2.05, 4.69) is 66.0 Å². The zero-order valence-electron chi connectivity index (χ0n) is 15.8. The minimum Gasteiger partial charge on any atom is -0.399 e. The highest BCUT2D eigenvalue weighted by molar-refractivity contribution is 14.1. The number of anilines is 1. The number of rotatable bonds is 3. The van der Waals surface area contributed by atoms with Crippen molar-refractivity contribution >= 4 is 45.3 Å². The number of Topliss-reactive ketones (excluding diaryl/α,β-unsaturated/α-hetero) is 1. The molecule has 2 aliphatic rings. The van der Waals surface area contributed by atoms with Gasteiger partial charge >= 0.3 is 0 Å². The summed E-state index contributed by atoms with van der Waals surface area (Å²) in [6.07, 6.45) is 6.12. The maximum atomic E-state index is 13.5. The van der Waals surface area contributed by atoms with Crippen LogP contribution in [-0.4, -0.2) is 37.5 Å². The van der Waals surface area contributed by atoms with Crippen LogP contribution in [0.3, 0.4) is 0 Å². The van der Waals surface area contributed by atoms with E-state index in [-0.39, 0.29) is 5.78 Å². The van der Waals surface area contributed by atoms with E-state index in [1.807, 2.05) is 18.2 Å². The predicted molar refractivity (Wildman–Crippen MR) is 120 cm³/mol. The summed E-state index contributed by atoms with van der Waals surface area (Å²) in [5.74, 6) is 0.0551. The van der Waals surface area contributed by atoms with Gasteiger partial charge in [-0.1, -0.05) is 12.1 Å². The predicted octanol–water partition coefficient (Wildman–Crippen LogP) is 4.49. The molecule has 1 saturated heterocycles. The number of nitrogens with zero attached hydrogens (tertiary/aromatic N) is 2. The Bertz CT molecular complexity index is 939. The van der Waals surface area contributed by atoms with Gasteiger partial charge < -0.3 is 5.73 Å². The topological polar surface area (TPSA) is 46.3 Å². The molecule has 0 spiro atoms. The molecule has 140 valence electrons. The molecule has 0 amide bonds. The quantitative estimate of drug-likeness (QED) is 0.309. The molecule has 2 heterocycles. The van der Waals surface area contributed by atoms with Crippen LogP contribution in [-0.2, 0) is 0 Å². The van der Waals surface area contributed by atoms with Gasteiger partial charge in [-0.25, -0.2) is 0 Å². The second kappa shape index (κ2) is 7.04. The SMILES string of the molecule is CN1CCCCC1[N+]1(C)C=C(C(=O)c2cc(N)ccc2I)c2ccccc21. The molecule has 0 aromatic heterocycles. The van der Waals surface area contributed by atoms with E-state index in [0.29, 0.717) is 21.9 Å². The number of likely N-dealkylation sites (tertiary alicyclic amines) is 1. The van der Waals surface area contributed by atoms with Gasteiger partial charge in [0.1, 0.15) is 11.9 Å². The summed E-state index contributed by atoms with van der Waals surface area (Å²) in [5.41, 5.74) is 10.3. The Kier molecular flexibility index (Phi) is 4.86. The summed E-state index contributed by atoms with van der Waals surface area (Å²) in [5, 5.41) is 0. The van der Waals surface area contributed by atoms with Crippen LogP contribution in [0.25, 0.3) is 5.57 Å². The molecule has 0 bridgehead atoms. The Hall–Kier alpha value is -1.70. The van der Waals surface area contributed by atoms with Crippen molar-refractivity contribution in [2.24, 2.45) is 0 Å². The monoisotopic (exact) mass is 474 g/mol. The molecule has 2 unspecified atom stereocenters. The highest BCUT2D eigenvalue weighted by Crippen LogP contribution is 2.44. The largest absolute Gasteiger partial charge is 0.399 e. The highest BCUT2D eigenvalue weighted by Gasteiger charge is 2.45. The summed E-state index contributed by atoms with van der Waals surface area (Å²) in [4.78, 5) is 15.9. The van der Waals surface area contributed by atoms with Gasteiger partial charge in [0.15, 0.2) is 11.9 Å². The molecule has 2 aromatic rings. The van der Waals surface area contributed by atoms with Crippen molar-refractivity contribution in [3.05, 3.63) is 63.4 Å². The lowest BCUT2D eigenvalue weighted by molar-refractivity contribution is 0.0859. The van der Waals surface area contributed by atoms with Gasteiger partial charge in [-0.3, -0.25) is 14.2 Å². The summed E-state index contributed by atoms with van der Waals surface area (Å²) in [6, 6.07) is 13.9. The third kappa shape index (κ3) is 3.11. The van der Waals surface area contributed by atoms with Crippen LogP contribution >= 0.6 is 22.6 Å². The molecule has 2 aliphatic heterocycles. The zero-order chi connectivity index (χ0) is 19.2. The first-order valence-corrected chi connectivity index (χ1v) is 10.5. The molecule has 4 rings (SSSR count). The Balaban J connectivity index is 1.83. The second-order valence-electron chi connectivity index (χ2n) is 7.73. The van der Waals surface area contributed by atoms with E-state index in [1.165, 1.54) is 18.5 Å². The number of para-hydroxylation sites is 1. The standard InChI is InChI=1S/C22H25IN3O/c1-25-12-6-5-9-21(25)26(2)14-18(16-7-3-4-8-20(16)26)22(27)17-13-15(24)10-11-19(17)23/h3-4,7-8,10-11,13-14,21H,5-6,9,12,24H2,1-2H3/q+1. The Morgan fingerprint density at radius 3 is 2.78 bits per heavy atom. The number of allylic oxidation sites excluding steroid dienone is 1. The summed E-state index contributed by atoms with van der Waals surface area (Å²) in [7, 11) is 4.43. The van der Waals surface area contributed by atoms with Crippen molar-refractivity contribution in [3.8, 4) is 0 Å². The number of nitrogen functional groups attached to an aromatic ring is 1. The van der Waals surface area contributed by atoms with Crippen LogP contribution in [0.5, 0.6) is 0 Å². The Morgan fingerprint density at radius 1 is 1.22 bits per heavy atom. The van der Waals surface area contributed by atoms with Crippen LogP contribution < -0.4 is 10.2 Å². The van der Waals surface area contributed by atoms with Crippen LogP contribution in [0.2, 0.25) is 0 Å². The van der Waals surface area contributed by atoms with E-state index in [9.17, 15) is 4.79 Å². The molecule has 2 N–H and O–H groups in total. The number of ketones is 1. The van der Waals surface area contributed by atoms with E-state index in [1.54, 1.807) is 6.07 Å². The molecule has 5 heteroatoms. The third-order valence-corrected chi connectivity index (χ3v) is 6.88. The van der Waals surface area contributed by atoms with Crippen molar-refractivity contribution in [1.29, 1.82) is 0 Å². The fraction of sp³-hybridized carbons (Fsp3) is 0.318. The number of fused-ring (bicyclic) bond motifs is 1. The lowest BCUT2D eigenvalue weighted by atomic mass is 9.98. The number of hydrogen-bond acceptors (Lipinski definition) is 3. The second-order valence-corrected chi connectivity index (χ2v) is 8.89. The van der Waals surface area contributed by atoms with Crippen molar-refractivity contribution in [2.75, 3.05) is 26.4 Å². The van der Waals surface area contributed by atoms with E-state index < -0.39 is 0 Å².